The van der Waals surface area contributed by atoms with Gasteiger partial charge in [-0.2, -0.15) is 0 Å². The van der Waals surface area contributed by atoms with Crippen molar-refractivity contribution in [2.45, 2.75) is 25.7 Å². The maximum atomic E-state index is 11.5. The molecule has 0 atom stereocenters. The summed E-state index contributed by atoms with van der Waals surface area (Å²) in [5, 5.41) is 5.16. The predicted octanol–water partition coefficient (Wildman–Crippen LogP) is 3.69. The van der Waals surface area contributed by atoms with Crippen LogP contribution < -0.4 is 5.14 Å². The smallest absolute Gasteiger partial charge is 0.238 e. The molecular weight excluding hydrogens is 374 g/mol. The largest absolute Gasteiger partial charge is 0.318 e. The number of primary sulfonamides is 1. The molecule has 0 radical (unpaired) electrons. The number of carbonyl (C=O) groups is 1. The first-order valence-corrected chi connectivity index (χ1v) is 10.2. The van der Waals surface area contributed by atoms with Gasteiger partial charge in [-0.25, -0.2) is 13.6 Å². The summed E-state index contributed by atoms with van der Waals surface area (Å²) in [4.78, 5) is 16.1. The standard InChI is InChI=1S/C21H21N3O3S/c1-14-11-18(13-23-19-6-4-5-17(12-19)16(3)25)15(2)24(14)20-7-9-21(10-8-20)28(22,26)27/h4-13H,1-3H3,(H2,22,26,27). The summed E-state index contributed by atoms with van der Waals surface area (Å²) in [5.41, 5.74) is 5.04. The maximum Gasteiger partial charge on any atom is 0.238 e. The molecule has 0 unspecified atom stereocenters. The molecule has 7 heteroatoms. The zero-order valence-corrected chi connectivity index (χ0v) is 16.7. The van der Waals surface area contributed by atoms with E-state index in [0.717, 1.165) is 22.6 Å². The van der Waals surface area contributed by atoms with Crippen molar-refractivity contribution in [1.82, 2.24) is 4.57 Å². The van der Waals surface area contributed by atoms with Gasteiger partial charge in [0.2, 0.25) is 10.0 Å². The Bertz CT molecular complexity index is 1170. The normalized spacial score (nSPS) is 11.9. The van der Waals surface area contributed by atoms with Crippen molar-refractivity contribution in [3.8, 4) is 5.69 Å². The highest BCUT2D eigenvalue weighted by atomic mass is 32.2. The summed E-state index contributed by atoms with van der Waals surface area (Å²) < 4.78 is 24.9. The minimum atomic E-state index is -3.72. The van der Waals surface area contributed by atoms with E-state index in [-0.39, 0.29) is 10.7 Å². The molecule has 0 spiro atoms. The van der Waals surface area contributed by atoms with Gasteiger partial charge in [0, 0.05) is 34.4 Å². The molecule has 1 aromatic heterocycles. The van der Waals surface area contributed by atoms with Gasteiger partial charge < -0.3 is 4.57 Å². The molecule has 6 nitrogen and oxygen atoms in total. The van der Waals surface area contributed by atoms with Crippen molar-refractivity contribution < 1.29 is 13.2 Å². The minimum absolute atomic E-state index is 0.00170. The molecule has 0 saturated heterocycles. The molecule has 0 amide bonds. The molecule has 2 aromatic carbocycles. The fraction of sp³-hybridized carbons (Fsp3) is 0.143. The van der Waals surface area contributed by atoms with Crippen LogP contribution in [0.25, 0.3) is 5.69 Å². The lowest BCUT2D eigenvalue weighted by Gasteiger charge is -2.10. The van der Waals surface area contributed by atoms with E-state index in [1.807, 2.05) is 30.5 Å². The van der Waals surface area contributed by atoms with Gasteiger partial charge in [0.25, 0.3) is 0 Å². The third-order valence-electron chi connectivity index (χ3n) is 4.50. The molecule has 0 bridgehead atoms. The molecule has 3 aromatic rings. The van der Waals surface area contributed by atoms with Crippen LogP contribution >= 0.6 is 0 Å². The number of benzene rings is 2. The van der Waals surface area contributed by atoms with Crippen molar-refractivity contribution in [1.29, 1.82) is 0 Å². The van der Waals surface area contributed by atoms with Crippen LogP contribution in [0.4, 0.5) is 5.69 Å². The summed E-state index contributed by atoms with van der Waals surface area (Å²) in [6.07, 6.45) is 1.76. The predicted molar refractivity (Wildman–Crippen MR) is 110 cm³/mol. The second kappa shape index (κ2) is 7.53. The Balaban J connectivity index is 1.94. The highest BCUT2D eigenvalue weighted by molar-refractivity contribution is 7.89. The van der Waals surface area contributed by atoms with Crippen LogP contribution in [0.1, 0.15) is 34.2 Å². The average molecular weight is 395 g/mol. The Morgan fingerprint density at radius 1 is 1.07 bits per heavy atom. The molecule has 0 aliphatic heterocycles. The van der Waals surface area contributed by atoms with Crippen LogP contribution in [0.15, 0.2) is 64.5 Å². The minimum Gasteiger partial charge on any atom is -0.318 e. The van der Waals surface area contributed by atoms with Crippen molar-refractivity contribution in [3.63, 3.8) is 0 Å². The summed E-state index contributed by atoms with van der Waals surface area (Å²) in [7, 11) is -3.72. The van der Waals surface area contributed by atoms with Crippen LogP contribution in [-0.4, -0.2) is 25.0 Å². The SMILES string of the molecule is CC(=O)c1cccc(N=Cc2cc(C)n(-c3ccc(S(N)(=O)=O)cc3)c2C)c1. The number of aryl methyl sites for hydroxylation is 1. The second-order valence-electron chi connectivity index (χ2n) is 6.57. The van der Waals surface area contributed by atoms with Gasteiger partial charge in [-0.05, 0) is 63.2 Å². The Kier molecular flexibility index (Phi) is 5.31. The van der Waals surface area contributed by atoms with Crippen LogP contribution in [-0.2, 0) is 10.0 Å². The van der Waals surface area contributed by atoms with Gasteiger partial charge >= 0.3 is 0 Å². The fourth-order valence-corrected chi connectivity index (χ4v) is 3.57. The summed E-state index contributed by atoms with van der Waals surface area (Å²) in [6.45, 7) is 5.46. The number of sulfonamides is 1. The third-order valence-corrected chi connectivity index (χ3v) is 5.43. The molecule has 0 aliphatic rings. The van der Waals surface area contributed by atoms with E-state index in [9.17, 15) is 13.2 Å². The number of aromatic nitrogens is 1. The second-order valence-corrected chi connectivity index (χ2v) is 8.13. The number of aliphatic imine (C=N–C) groups is 1. The number of carbonyl (C=O) groups excluding carboxylic acids is 1. The van der Waals surface area contributed by atoms with Crippen molar-refractivity contribution >= 4 is 27.7 Å². The van der Waals surface area contributed by atoms with Gasteiger partial charge in [0.15, 0.2) is 5.78 Å². The van der Waals surface area contributed by atoms with E-state index in [1.165, 1.54) is 19.1 Å². The molecule has 0 aliphatic carbocycles. The highest BCUT2D eigenvalue weighted by Crippen LogP contribution is 2.22. The first-order valence-electron chi connectivity index (χ1n) is 8.64. The molecule has 0 saturated carbocycles. The van der Waals surface area contributed by atoms with Crippen molar-refractivity contribution in [2.24, 2.45) is 10.1 Å². The lowest BCUT2D eigenvalue weighted by atomic mass is 10.1. The third kappa shape index (κ3) is 4.11. The van der Waals surface area contributed by atoms with E-state index < -0.39 is 10.0 Å². The van der Waals surface area contributed by atoms with Crippen LogP contribution in [0.5, 0.6) is 0 Å². The fourth-order valence-electron chi connectivity index (χ4n) is 3.05. The molecule has 0 fully saturated rings. The lowest BCUT2D eigenvalue weighted by molar-refractivity contribution is 0.101. The van der Waals surface area contributed by atoms with Crippen LogP contribution in [0.3, 0.4) is 0 Å². The first kappa shape index (κ1) is 19.7. The number of nitrogens with two attached hydrogens (primary N) is 1. The first-order chi connectivity index (χ1) is 13.2. The Labute approximate surface area is 164 Å². The van der Waals surface area contributed by atoms with E-state index in [2.05, 4.69) is 4.99 Å². The molecule has 28 heavy (non-hydrogen) atoms. The number of ketones is 1. The quantitative estimate of drug-likeness (QED) is 0.527. The zero-order valence-electron chi connectivity index (χ0n) is 15.9. The Hall–Kier alpha value is -3.03. The van der Waals surface area contributed by atoms with E-state index in [1.54, 1.807) is 36.5 Å². The molecular formula is C21H21N3O3S. The van der Waals surface area contributed by atoms with Crippen LogP contribution in [0.2, 0.25) is 0 Å². The monoisotopic (exact) mass is 395 g/mol. The topological polar surface area (TPSA) is 94.5 Å². The number of hydrogen-bond donors (Lipinski definition) is 1. The van der Waals surface area contributed by atoms with Gasteiger partial charge in [0.1, 0.15) is 0 Å². The van der Waals surface area contributed by atoms with Gasteiger partial charge in [-0.15, -0.1) is 0 Å². The van der Waals surface area contributed by atoms with Crippen molar-refractivity contribution in [2.75, 3.05) is 0 Å². The summed E-state index contributed by atoms with van der Waals surface area (Å²) >= 11 is 0. The Morgan fingerprint density at radius 3 is 2.36 bits per heavy atom. The van der Waals surface area contributed by atoms with E-state index >= 15 is 0 Å². The number of nitrogens with zero attached hydrogens (tertiary/aromatic N) is 2. The van der Waals surface area contributed by atoms with Gasteiger partial charge in [0.05, 0.1) is 10.6 Å². The maximum absolute atomic E-state index is 11.5. The zero-order chi connectivity index (χ0) is 20.5. The van der Waals surface area contributed by atoms with Gasteiger partial charge in [-0.3, -0.25) is 9.79 Å². The molecule has 2 N–H and O–H groups in total. The summed E-state index contributed by atoms with van der Waals surface area (Å²) in [6, 6.07) is 15.6. The molecule has 144 valence electrons. The molecule has 3 rings (SSSR count). The van der Waals surface area contributed by atoms with Gasteiger partial charge in [-0.1, -0.05) is 12.1 Å². The lowest BCUT2D eigenvalue weighted by Crippen LogP contribution is -2.12. The highest BCUT2D eigenvalue weighted by Gasteiger charge is 2.12. The summed E-state index contributed by atoms with van der Waals surface area (Å²) in [5.74, 6) is -0.00170. The Morgan fingerprint density at radius 2 is 1.75 bits per heavy atom. The number of rotatable bonds is 5. The average Bonchev–Trinajstić information content (AvgIpc) is 2.93. The number of Topliss-reactive ketones (excluding diaryl/α,β-unsaturated/α-hetero) is 1. The van der Waals surface area contributed by atoms with E-state index in [0.29, 0.717) is 11.3 Å². The van der Waals surface area contributed by atoms with Crippen molar-refractivity contribution in [3.05, 3.63) is 77.1 Å². The van der Waals surface area contributed by atoms with E-state index in [4.69, 9.17) is 5.14 Å². The van der Waals surface area contributed by atoms with Crippen LogP contribution in [0, 0.1) is 13.8 Å². The number of hydrogen-bond acceptors (Lipinski definition) is 4. The molecule has 1 heterocycles.